The van der Waals surface area contributed by atoms with Crippen LogP contribution in [0.2, 0.25) is 0 Å². The van der Waals surface area contributed by atoms with Crippen molar-refractivity contribution in [1.29, 1.82) is 0 Å². The summed E-state index contributed by atoms with van der Waals surface area (Å²) in [6.45, 7) is 9.61. The van der Waals surface area contributed by atoms with Crippen LogP contribution in [0.25, 0.3) is 0 Å². The van der Waals surface area contributed by atoms with Crippen molar-refractivity contribution >= 4 is 5.91 Å². The van der Waals surface area contributed by atoms with E-state index in [-0.39, 0.29) is 8.76 Å². The van der Waals surface area contributed by atoms with E-state index in [1.165, 1.54) is 12.8 Å². The molecule has 1 aromatic carbocycles. The second kappa shape index (κ2) is 13.3. The molecule has 0 aliphatic rings. The fourth-order valence-corrected chi connectivity index (χ4v) is 2.17. The van der Waals surface area contributed by atoms with Gasteiger partial charge in [-0.05, 0) is 23.5 Å². The van der Waals surface area contributed by atoms with Gasteiger partial charge in [0.05, 0.1) is 0 Å². The van der Waals surface area contributed by atoms with E-state index in [1.54, 1.807) is 0 Å². The number of carbonyl (C=O) groups is 1. The first kappa shape index (κ1) is 20.6. The van der Waals surface area contributed by atoms with Crippen molar-refractivity contribution < 1.29 is 7.65 Å². The van der Waals surface area contributed by atoms with E-state index in [9.17, 15) is 4.79 Å². The van der Waals surface area contributed by atoms with Gasteiger partial charge in [-0.1, -0.05) is 71.2 Å². The molecule has 1 rings (SSSR count). The molecule has 1 aromatic rings. The highest BCUT2D eigenvalue weighted by Crippen LogP contribution is 2.09. The highest BCUT2D eigenvalue weighted by Gasteiger charge is 2.02. The molecule has 0 aliphatic heterocycles. The van der Waals surface area contributed by atoms with Gasteiger partial charge in [-0.3, -0.25) is 4.79 Å². The predicted octanol–water partition coefficient (Wildman–Crippen LogP) is 4.89. The molecule has 22 heavy (non-hydrogen) atoms. The molecule has 0 unspecified atom stereocenters. The van der Waals surface area contributed by atoms with Crippen LogP contribution >= 0.6 is 0 Å². The normalized spacial score (nSPS) is 10.1. The molecule has 0 aliphatic carbocycles. The van der Waals surface area contributed by atoms with Crippen LogP contribution in [0, 0.1) is 5.92 Å². The molecule has 0 bridgehead atoms. The number of nitrogens with two attached hydrogens (primary N) is 1. The number of unbranched alkanes of at least 4 members (excludes halogenated alkanes) is 2. The quantitative estimate of drug-likeness (QED) is 0.638. The molecule has 0 saturated carbocycles. The van der Waals surface area contributed by atoms with E-state index in [2.05, 4.69) is 19.2 Å². The first-order chi connectivity index (χ1) is 10.6. The summed E-state index contributed by atoms with van der Waals surface area (Å²) in [7, 11) is 0. The van der Waals surface area contributed by atoms with Gasteiger partial charge in [0.2, 0.25) is 5.91 Å². The van der Waals surface area contributed by atoms with E-state index >= 15 is 0 Å². The topological polar surface area (TPSA) is 55.1 Å². The Morgan fingerprint density at radius 3 is 2.50 bits per heavy atom. The number of rotatable bonds is 9. The van der Waals surface area contributed by atoms with Crippen LogP contribution in [0.15, 0.2) is 24.3 Å². The lowest BCUT2D eigenvalue weighted by molar-refractivity contribution is -0.121. The third kappa shape index (κ3) is 10.4. The van der Waals surface area contributed by atoms with Crippen molar-refractivity contribution in [3.63, 3.8) is 0 Å². The van der Waals surface area contributed by atoms with Crippen molar-refractivity contribution in [3.05, 3.63) is 35.4 Å². The molecule has 0 fully saturated rings. The molecule has 130 valence electrons. The molecular formula is C19H38N2O. The third-order valence-electron chi connectivity index (χ3n) is 3.40. The number of carbonyl (C=O) groups excluding carboxylic acids is 1. The van der Waals surface area contributed by atoms with Crippen molar-refractivity contribution in [3.8, 4) is 0 Å². The van der Waals surface area contributed by atoms with Crippen molar-refractivity contribution in [2.75, 3.05) is 0 Å². The van der Waals surface area contributed by atoms with Gasteiger partial charge >= 0.3 is 0 Å². The fraction of sp³-hybridized carbons (Fsp3) is 0.632. The number of hydrogen-bond acceptors (Lipinski definition) is 2. The van der Waals surface area contributed by atoms with Crippen molar-refractivity contribution in [1.82, 2.24) is 5.32 Å². The number of hydrogen-bond donors (Lipinski definition) is 2. The zero-order valence-electron chi connectivity index (χ0n) is 14.8. The largest absolute Gasteiger partial charge is 0.352 e. The second-order valence-corrected chi connectivity index (χ2v) is 5.79. The van der Waals surface area contributed by atoms with Gasteiger partial charge < -0.3 is 11.1 Å². The van der Waals surface area contributed by atoms with Gasteiger partial charge in [0.25, 0.3) is 0 Å². The Morgan fingerprint density at radius 2 is 1.86 bits per heavy atom. The minimum Gasteiger partial charge on any atom is -0.352 e. The molecule has 0 spiro atoms. The van der Waals surface area contributed by atoms with Gasteiger partial charge in [-0.2, -0.15) is 0 Å². The van der Waals surface area contributed by atoms with Crippen LogP contribution < -0.4 is 11.1 Å². The molecule has 0 saturated heterocycles. The van der Waals surface area contributed by atoms with Crippen LogP contribution in [-0.4, -0.2) is 5.91 Å². The van der Waals surface area contributed by atoms with Crippen LogP contribution in [0.1, 0.15) is 73.8 Å². The van der Waals surface area contributed by atoms with Gasteiger partial charge in [-0.15, -0.1) is 0 Å². The lowest BCUT2D eigenvalue weighted by Crippen LogP contribution is -2.22. The molecule has 0 radical (unpaired) electrons. The highest BCUT2D eigenvalue weighted by molar-refractivity contribution is 5.75. The summed E-state index contributed by atoms with van der Waals surface area (Å²) in [5, 5.41) is 2.97. The van der Waals surface area contributed by atoms with Gasteiger partial charge in [0.15, 0.2) is 0 Å². The number of benzene rings is 1. The lowest BCUT2D eigenvalue weighted by Gasteiger charge is -2.07. The van der Waals surface area contributed by atoms with E-state index in [1.807, 2.05) is 38.1 Å². The summed E-state index contributed by atoms with van der Waals surface area (Å²) in [6.07, 6.45) is 5.25. The predicted molar refractivity (Wildman–Crippen MR) is 99.7 cm³/mol. The second-order valence-electron chi connectivity index (χ2n) is 5.79. The van der Waals surface area contributed by atoms with E-state index < -0.39 is 0 Å². The Kier molecular flexibility index (Phi) is 12.5. The standard InChI is InChI=1S/C17H28N2O.C2H6.2H2/c1-14(2)7-4-3-5-10-17(20)19-13-16-9-6-8-15(11-16)12-18;1-2;;/h6,8-9,11,14H,3-5,7,10,12-13,18H2,1-2H3,(H,19,20);1-2H3;2*1H. The smallest absolute Gasteiger partial charge is 0.220 e. The molecular weight excluding hydrogens is 272 g/mol. The summed E-state index contributed by atoms with van der Waals surface area (Å²) < 4.78 is 0. The average molecular weight is 311 g/mol. The maximum Gasteiger partial charge on any atom is 0.220 e. The Bertz CT molecular complexity index is 412. The first-order valence-electron chi connectivity index (χ1n) is 8.66. The minimum atomic E-state index is 0. The molecule has 3 nitrogen and oxygen atoms in total. The van der Waals surface area contributed by atoms with Gasteiger partial charge in [0.1, 0.15) is 0 Å². The highest BCUT2D eigenvalue weighted by atomic mass is 16.1. The Labute approximate surface area is 139 Å². The van der Waals surface area contributed by atoms with E-state index in [0.717, 1.165) is 29.9 Å². The van der Waals surface area contributed by atoms with E-state index in [0.29, 0.717) is 19.5 Å². The first-order valence-corrected chi connectivity index (χ1v) is 8.66. The van der Waals surface area contributed by atoms with Gasteiger partial charge in [-0.25, -0.2) is 0 Å². The number of amides is 1. The molecule has 1 amide bonds. The third-order valence-corrected chi connectivity index (χ3v) is 3.40. The summed E-state index contributed by atoms with van der Waals surface area (Å²) in [5.41, 5.74) is 7.82. The summed E-state index contributed by atoms with van der Waals surface area (Å²) >= 11 is 0. The fourth-order valence-electron chi connectivity index (χ4n) is 2.17. The van der Waals surface area contributed by atoms with Crippen LogP contribution in [0.3, 0.4) is 0 Å². The molecule has 0 heterocycles. The minimum absolute atomic E-state index is 0. The number of nitrogens with one attached hydrogen (secondary N) is 1. The summed E-state index contributed by atoms with van der Waals surface area (Å²) in [4.78, 5) is 11.7. The molecule has 3 N–H and O–H groups in total. The van der Waals surface area contributed by atoms with Crippen molar-refractivity contribution in [2.45, 2.75) is 72.9 Å². The Morgan fingerprint density at radius 1 is 1.18 bits per heavy atom. The maximum absolute atomic E-state index is 11.7. The summed E-state index contributed by atoms with van der Waals surface area (Å²) in [6, 6.07) is 8.04. The average Bonchev–Trinajstić information content (AvgIpc) is 2.54. The zero-order valence-corrected chi connectivity index (χ0v) is 14.8. The van der Waals surface area contributed by atoms with Gasteiger partial charge in [0, 0.05) is 22.4 Å². The zero-order chi connectivity index (χ0) is 16.8. The Hall–Kier alpha value is -1.35. The van der Waals surface area contributed by atoms with Crippen LogP contribution in [0.5, 0.6) is 0 Å². The lowest BCUT2D eigenvalue weighted by atomic mass is 10.0. The molecule has 3 heteroatoms. The molecule has 0 aromatic heterocycles. The van der Waals surface area contributed by atoms with Crippen molar-refractivity contribution in [2.24, 2.45) is 11.7 Å². The van der Waals surface area contributed by atoms with Crippen LogP contribution in [0.4, 0.5) is 0 Å². The monoisotopic (exact) mass is 310 g/mol. The summed E-state index contributed by atoms with van der Waals surface area (Å²) in [5.74, 6) is 0.909. The molecule has 0 atom stereocenters. The maximum atomic E-state index is 11.7. The van der Waals surface area contributed by atoms with Crippen LogP contribution in [-0.2, 0) is 17.9 Å². The SMILES string of the molecule is CC.CC(C)CCCCCC(=O)NCc1cccc(CN)c1.[HH].[HH]. The Balaban J connectivity index is -0.00000106. The van der Waals surface area contributed by atoms with E-state index in [4.69, 9.17) is 5.73 Å².